The number of hydrogen-bond acceptors (Lipinski definition) is 6. The summed E-state index contributed by atoms with van der Waals surface area (Å²) in [5.41, 5.74) is 0. The number of ether oxygens (including phenoxy) is 1. The Balaban J connectivity index is 4.79. The fourth-order valence-electron chi connectivity index (χ4n) is 1.12. The average molecular weight is 338 g/mol. The van der Waals surface area contributed by atoms with Gasteiger partial charge >= 0.3 is 12.8 Å². The van der Waals surface area contributed by atoms with Crippen molar-refractivity contribution in [2.24, 2.45) is 11.8 Å². The van der Waals surface area contributed by atoms with Crippen molar-refractivity contribution in [3.8, 4) is 0 Å². The Labute approximate surface area is 132 Å². The molecule has 0 spiro atoms. The van der Waals surface area contributed by atoms with E-state index in [0.29, 0.717) is 24.7 Å². The van der Waals surface area contributed by atoms with E-state index in [1.807, 2.05) is 27.7 Å². The van der Waals surface area contributed by atoms with Gasteiger partial charge in [-0.3, -0.25) is 0 Å². The highest BCUT2D eigenvalue weighted by molar-refractivity contribution is 8.57. The van der Waals surface area contributed by atoms with E-state index >= 15 is 0 Å². The molecule has 0 aromatic rings. The Morgan fingerprint density at radius 1 is 1.14 bits per heavy atom. The van der Waals surface area contributed by atoms with Crippen molar-refractivity contribution in [3.05, 3.63) is 11.0 Å². The molecule has 0 fully saturated rings. The minimum atomic E-state index is -3.32. The first-order valence-electron chi connectivity index (χ1n) is 7.12. The predicted molar refractivity (Wildman–Crippen MR) is 87.2 cm³/mol. The minimum Gasteiger partial charge on any atom is -0.463 e. The maximum atomic E-state index is 12.7. The molecule has 0 amide bonds. The van der Waals surface area contributed by atoms with Gasteiger partial charge in [0.1, 0.15) is 0 Å². The van der Waals surface area contributed by atoms with Crippen LogP contribution in [0.1, 0.15) is 41.5 Å². The lowest BCUT2D eigenvalue weighted by Gasteiger charge is -2.20. The van der Waals surface area contributed by atoms with Crippen molar-refractivity contribution in [3.63, 3.8) is 0 Å². The molecule has 7 heteroatoms. The van der Waals surface area contributed by atoms with Crippen LogP contribution in [-0.4, -0.2) is 25.8 Å². The number of esters is 1. The zero-order chi connectivity index (χ0) is 16.5. The van der Waals surface area contributed by atoms with Crippen molar-refractivity contribution in [2.45, 2.75) is 41.5 Å². The molecule has 0 N–H and O–H groups in total. The lowest BCUT2D eigenvalue weighted by molar-refractivity contribution is -0.137. The SMILES string of the molecule is CCOC(=O)/C=C(\C)SP(=O)(OCC(C)C)OCC(C)C. The highest BCUT2D eigenvalue weighted by Crippen LogP contribution is 2.63. The van der Waals surface area contributed by atoms with E-state index in [-0.39, 0.29) is 11.8 Å². The first-order chi connectivity index (χ1) is 9.68. The molecule has 0 bridgehead atoms. The Morgan fingerprint density at radius 3 is 2.00 bits per heavy atom. The topological polar surface area (TPSA) is 61.8 Å². The van der Waals surface area contributed by atoms with Gasteiger partial charge in [-0.2, -0.15) is 0 Å². The maximum Gasteiger partial charge on any atom is 0.393 e. The Kier molecular flexibility index (Phi) is 10.3. The van der Waals surface area contributed by atoms with Gasteiger partial charge in [-0.1, -0.05) is 27.7 Å². The van der Waals surface area contributed by atoms with Crippen LogP contribution in [-0.2, 0) is 23.1 Å². The van der Waals surface area contributed by atoms with E-state index < -0.39 is 12.8 Å². The van der Waals surface area contributed by atoms with Crippen molar-refractivity contribution >= 4 is 24.1 Å². The molecule has 0 aliphatic heterocycles. The van der Waals surface area contributed by atoms with Gasteiger partial charge in [-0.15, -0.1) is 0 Å². The number of rotatable bonds is 10. The summed E-state index contributed by atoms with van der Waals surface area (Å²) in [5, 5.41) is 0. The van der Waals surface area contributed by atoms with Crippen molar-refractivity contribution in [2.75, 3.05) is 19.8 Å². The van der Waals surface area contributed by atoms with E-state index in [2.05, 4.69) is 0 Å². The molecule has 0 unspecified atom stereocenters. The first-order valence-corrected chi connectivity index (χ1v) is 10.1. The van der Waals surface area contributed by atoms with Crippen LogP contribution in [0.5, 0.6) is 0 Å². The van der Waals surface area contributed by atoms with Crippen LogP contribution in [0.4, 0.5) is 0 Å². The Bertz CT molecular complexity index is 377. The Hall–Kier alpha value is -0.290. The number of carbonyl (C=O) groups excluding carboxylic acids is 1. The van der Waals surface area contributed by atoms with E-state index in [1.54, 1.807) is 13.8 Å². The second kappa shape index (κ2) is 10.4. The van der Waals surface area contributed by atoms with Crippen LogP contribution in [0.15, 0.2) is 11.0 Å². The van der Waals surface area contributed by atoms with Crippen molar-refractivity contribution < 1.29 is 23.1 Å². The molecule has 0 aromatic carbocycles. The summed E-state index contributed by atoms with van der Waals surface area (Å²) < 4.78 is 28.4. The molecule has 0 rings (SSSR count). The highest BCUT2D eigenvalue weighted by Gasteiger charge is 2.28. The van der Waals surface area contributed by atoms with Gasteiger partial charge in [0.2, 0.25) is 0 Å². The fourth-order valence-corrected chi connectivity index (χ4v) is 4.66. The monoisotopic (exact) mass is 338 g/mol. The van der Waals surface area contributed by atoms with Gasteiger partial charge in [-0.25, -0.2) is 9.36 Å². The molecule has 0 heterocycles. The third-order valence-electron chi connectivity index (χ3n) is 2.00. The standard InChI is InChI=1S/C14H27O5PS/c1-7-17-14(15)8-13(6)21-20(16,18-9-11(2)3)19-10-12(4)5/h8,11-12H,7,9-10H2,1-6H3/b13-8+. The van der Waals surface area contributed by atoms with Crippen LogP contribution < -0.4 is 0 Å². The largest absolute Gasteiger partial charge is 0.463 e. The van der Waals surface area contributed by atoms with Crippen LogP contribution >= 0.6 is 18.2 Å². The molecule has 0 saturated carbocycles. The molecular weight excluding hydrogens is 311 g/mol. The molecular formula is C14H27O5PS. The molecule has 0 atom stereocenters. The second-order valence-electron chi connectivity index (χ2n) is 5.42. The summed E-state index contributed by atoms with van der Waals surface area (Å²) >= 11 is 0.957. The van der Waals surface area contributed by atoms with E-state index in [1.165, 1.54) is 6.08 Å². The van der Waals surface area contributed by atoms with Crippen LogP contribution in [0, 0.1) is 11.8 Å². The van der Waals surface area contributed by atoms with Crippen LogP contribution in [0.25, 0.3) is 0 Å². The summed E-state index contributed by atoms with van der Waals surface area (Å²) in [5.74, 6) is 0.0357. The van der Waals surface area contributed by atoms with Crippen molar-refractivity contribution in [1.82, 2.24) is 0 Å². The van der Waals surface area contributed by atoms with Crippen LogP contribution in [0.2, 0.25) is 0 Å². The zero-order valence-electron chi connectivity index (χ0n) is 13.8. The molecule has 0 aliphatic rings. The average Bonchev–Trinajstić information content (AvgIpc) is 2.34. The number of carbonyl (C=O) groups is 1. The summed E-state index contributed by atoms with van der Waals surface area (Å²) in [6.45, 7) is 8.97. The second-order valence-corrected chi connectivity index (χ2v) is 9.55. The van der Waals surface area contributed by atoms with Crippen molar-refractivity contribution in [1.29, 1.82) is 0 Å². The zero-order valence-corrected chi connectivity index (χ0v) is 15.5. The molecule has 5 nitrogen and oxygen atoms in total. The summed E-state index contributed by atoms with van der Waals surface area (Å²) in [6, 6.07) is 0. The van der Waals surface area contributed by atoms with Gasteiger partial charge in [-0.05, 0) is 37.1 Å². The molecule has 124 valence electrons. The van der Waals surface area contributed by atoms with E-state index in [4.69, 9.17) is 13.8 Å². The molecule has 0 aromatic heterocycles. The summed E-state index contributed by atoms with van der Waals surface area (Å²) in [6.07, 6.45) is 1.30. The van der Waals surface area contributed by atoms with E-state index in [0.717, 1.165) is 11.4 Å². The lowest BCUT2D eigenvalue weighted by atomic mass is 10.2. The smallest absolute Gasteiger partial charge is 0.393 e. The van der Waals surface area contributed by atoms with Gasteiger partial charge in [0, 0.05) is 11.0 Å². The quantitative estimate of drug-likeness (QED) is 0.328. The number of hydrogen-bond donors (Lipinski definition) is 0. The first kappa shape index (κ1) is 20.7. The Morgan fingerprint density at radius 2 is 1.62 bits per heavy atom. The third-order valence-corrected chi connectivity index (χ3v) is 5.72. The van der Waals surface area contributed by atoms with Crippen LogP contribution in [0.3, 0.4) is 0 Å². The molecule has 21 heavy (non-hydrogen) atoms. The fraction of sp³-hybridized carbons (Fsp3) is 0.786. The normalized spacial score (nSPS) is 13.0. The van der Waals surface area contributed by atoms with Gasteiger partial charge in [0.15, 0.2) is 0 Å². The number of allylic oxidation sites excluding steroid dienone is 1. The van der Waals surface area contributed by atoms with Gasteiger partial charge < -0.3 is 13.8 Å². The molecule has 0 saturated heterocycles. The molecule has 0 radical (unpaired) electrons. The highest BCUT2D eigenvalue weighted by atomic mass is 32.7. The van der Waals surface area contributed by atoms with E-state index in [9.17, 15) is 9.36 Å². The van der Waals surface area contributed by atoms with Gasteiger partial charge in [0.25, 0.3) is 0 Å². The summed E-state index contributed by atoms with van der Waals surface area (Å²) in [7, 11) is 0. The minimum absolute atomic E-state index is 0.246. The molecule has 0 aliphatic carbocycles. The maximum absolute atomic E-state index is 12.7. The lowest BCUT2D eigenvalue weighted by Crippen LogP contribution is -2.05. The summed E-state index contributed by atoms with van der Waals surface area (Å²) in [4.78, 5) is 11.9. The van der Waals surface area contributed by atoms with Gasteiger partial charge in [0.05, 0.1) is 19.8 Å². The predicted octanol–water partition coefficient (Wildman–Crippen LogP) is 4.64. The third kappa shape index (κ3) is 11.0.